The second-order valence-corrected chi connectivity index (χ2v) is 8.56. The molecule has 2 nitrogen and oxygen atoms in total. The molecule has 1 saturated carbocycles. The molecule has 2 atom stereocenters. The molecule has 1 aromatic heterocycles. The summed E-state index contributed by atoms with van der Waals surface area (Å²) in [5, 5.41) is 5.86. The molecule has 1 aromatic rings. The molecule has 3 aliphatic rings. The van der Waals surface area contributed by atoms with Crippen LogP contribution in [0.3, 0.4) is 0 Å². The first-order valence-electron chi connectivity index (χ1n) is 7.74. The molecule has 0 aromatic carbocycles. The molecule has 1 N–H and O–H groups in total. The lowest BCUT2D eigenvalue weighted by Crippen LogP contribution is -2.25. The Bertz CT molecular complexity index is 447. The Morgan fingerprint density at radius 2 is 2.11 bits per heavy atom. The highest BCUT2D eigenvalue weighted by atomic mass is 32.2. The molecule has 0 spiro atoms. The second-order valence-electron chi connectivity index (χ2n) is 6.13. The topological polar surface area (TPSA) is 24.9 Å². The lowest BCUT2D eigenvalue weighted by Gasteiger charge is -2.21. The molecule has 2 unspecified atom stereocenters. The molecule has 19 heavy (non-hydrogen) atoms. The summed E-state index contributed by atoms with van der Waals surface area (Å²) < 4.78 is 0. The van der Waals surface area contributed by atoms with E-state index in [4.69, 9.17) is 4.98 Å². The van der Waals surface area contributed by atoms with Crippen LogP contribution in [0, 0.1) is 0 Å². The van der Waals surface area contributed by atoms with Crippen LogP contribution in [0.2, 0.25) is 0 Å². The van der Waals surface area contributed by atoms with Gasteiger partial charge >= 0.3 is 0 Å². The third-order valence-corrected chi connectivity index (χ3v) is 7.30. The van der Waals surface area contributed by atoms with Gasteiger partial charge in [-0.2, -0.15) is 11.8 Å². The molecule has 2 fully saturated rings. The van der Waals surface area contributed by atoms with Crippen LogP contribution in [0.4, 0.5) is 0 Å². The largest absolute Gasteiger partial charge is 0.313 e. The van der Waals surface area contributed by atoms with Crippen LogP contribution in [-0.4, -0.2) is 23.3 Å². The van der Waals surface area contributed by atoms with E-state index in [1.165, 1.54) is 67.9 Å². The third-order valence-electron chi connectivity index (χ3n) is 4.52. The average molecular weight is 294 g/mol. The van der Waals surface area contributed by atoms with Crippen molar-refractivity contribution >= 4 is 23.1 Å². The lowest BCUT2D eigenvalue weighted by molar-refractivity contribution is 0.499. The van der Waals surface area contributed by atoms with Crippen LogP contribution in [0.15, 0.2) is 0 Å². The van der Waals surface area contributed by atoms with E-state index in [9.17, 15) is 0 Å². The summed E-state index contributed by atoms with van der Waals surface area (Å²) in [4.78, 5) is 6.68. The van der Waals surface area contributed by atoms with Crippen LogP contribution in [0.1, 0.15) is 65.3 Å². The number of thioether (sulfide) groups is 1. The first-order chi connectivity index (χ1) is 9.40. The maximum absolute atomic E-state index is 5.07. The summed E-state index contributed by atoms with van der Waals surface area (Å²) in [6, 6.07) is 0.828. The number of aryl methyl sites for hydroxylation is 1. The molecule has 0 radical (unpaired) electrons. The molecule has 1 saturated heterocycles. The highest BCUT2D eigenvalue weighted by Gasteiger charge is 2.30. The van der Waals surface area contributed by atoms with Gasteiger partial charge in [0, 0.05) is 23.4 Å². The zero-order valence-electron chi connectivity index (χ0n) is 11.4. The van der Waals surface area contributed by atoms with Gasteiger partial charge < -0.3 is 5.32 Å². The third kappa shape index (κ3) is 2.72. The summed E-state index contributed by atoms with van der Waals surface area (Å²) in [7, 11) is 0. The molecule has 4 rings (SSSR count). The van der Waals surface area contributed by atoms with Crippen molar-refractivity contribution in [2.45, 2.75) is 62.2 Å². The van der Waals surface area contributed by atoms with Crippen LogP contribution in [0.25, 0.3) is 0 Å². The smallest absolute Gasteiger partial charge is 0.106 e. The Morgan fingerprint density at radius 1 is 1.16 bits per heavy atom. The molecule has 4 heteroatoms. The van der Waals surface area contributed by atoms with Gasteiger partial charge in [-0.25, -0.2) is 4.98 Å². The van der Waals surface area contributed by atoms with Crippen LogP contribution in [0.5, 0.6) is 0 Å². The number of rotatable bonds is 4. The maximum Gasteiger partial charge on any atom is 0.106 e. The summed E-state index contributed by atoms with van der Waals surface area (Å²) >= 11 is 4.15. The minimum atomic E-state index is 0.695. The van der Waals surface area contributed by atoms with Crippen molar-refractivity contribution < 1.29 is 0 Å². The van der Waals surface area contributed by atoms with Gasteiger partial charge in [-0.3, -0.25) is 0 Å². The number of thiazole rings is 1. The standard InChI is InChI=1S/C15H22N2S2/c1-3-10(9-16-11-6-7-11)14-12(4-1)19-15(17-14)13-5-2-8-18-13/h10-11,13,16H,1-9H2. The fraction of sp³-hybridized carbons (Fsp3) is 0.800. The minimum absolute atomic E-state index is 0.695. The molecule has 2 aliphatic carbocycles. The van der Waals surface area contributed by atoms with Gasteiger partial charge in [0.1, 0.15) is 5.01 Å². The van der Waals surface area contributed by atoms with Gasteiger partial charge in [0.15, 0.2) is 0 Å². The molecule has 1 aliphatic heterocycles. The second kappa shape index (κ2) is 5.38. The van der Waals surface area contributed by atoms with E-state index < -0.39 is 0 Å². The summed E-state index contributed by atoms with van der Waals surface area (Å²) in [6.07, 6.45) is 9.50. The molecule has 0 bridgehead atoms. The molecular formula is C15H22N2S2. The number of nitrogens with one attached hydrogen (secondary N) is 1. The van der Waals surface area contributed by atoms with Gasteiger partial charge in [-0.05, 0) is 50.7 Å². The van der Waals surface area contributed by atoms with Gasteiger partial charge in [0.05, 0.1) is 10.9 Å². The number of aromatic nitrogens is 1. The Labute approximate surface area is 123 Å². The number of fused-ring (bicyclic) bond motifs is 1. The van der Waals surface area contributed by atoms with Gasteiger partial charge in [0.25, 0.3) is 0 Å². The Hall–Kier alpha value is -0.0600. The predicted octanol–water partition coefficient (Wildman–Crippen LogP) is 3.88. The van der Waals surface area contributed by atoms with Crippen LogP contribution >= 0.6 is 23.1 Å². The van der Waals surface area contributed by atoms with E-state index in [-0.39, 0.29) is 0 Å². The summed E-state index contributed by atoms with van der Waals surface area (Å²) in [5.74, 6) is 2.03. The Balaban J connectivity index is 1.51. The fourth-order valence-electron chi connectivity index (χ4n) is 3.23. The summed E-state index contributed by atoms with van der Waals surface area (Å²) in [5.41, 5.74) is 1.46. The van der Waals surface area contributed by atoms with Crippen molar-refractivity contribution in [2.24, 2.45) is 0 Å². The fourth-order valence-corrected chi connectivity index (χ4v) is 5.94. The van der Waals surface area contributed by atoms with Crippen molar-refractivity contribution in [3.63, 3.8) is 0 Å². The monoisotopic (exact) mass is 294 g/mol. The Kier molecular flexibility index (Phi) is 3.58. The van der Waals surface area contributed by atoms with Crippen molar-refractivity contribution in [3.05, 3.63) is 15.6 Å². The van der Waals surface area contributed by atoms with Gasteiger partial charge in [0.2, 0.25) is 0 Å². The van der Waals surface area contributed by atoms with E-state index in [0.29, 0.717) is 11.2 Å². The molecular weight excluding hydrogens is 272 g/mol. The van der Waals surface area contributed by atoms with Crippen molar-refractivity contribution in [1.82, 2.24) is 10.3 Å². The highest BCUT2D eigenvalue weighted by molar-refractivity contribution is 7.99. The zero-order valence-corrected chi connectivity index (χ0v) is 13.0. The van der Waals surface area contributed by atoms with Crippen LogP contribution < -0.4 is 5.32 Å². The highest BCUT2D eigenvalue weighted by Crippen LogP contribution is 2.44. The minimum Gasteiger partial charge on any atom is -0.313 e. The normalized spacial score (nSPS) is 30.5. The number of nitrogens with zero attached hydrogens (tertiary/aromatic N) is 1. The SMILES string of the molecule is C1Cc2sc(C3CCCS3)nc2C(CNC2CC2)C1. The quantitative estimate of drug-likeness (QED) is 0.912. The average Bonchev–Trinajstić information content (AvgIpc) is 2.94. The van der Waals surface area contributed by atoms with E-state index in [2.05, 4.69) is 17.1 Å². The first-order valence-corrected chi connectivity index (χ1v) is 9.61. The zero-order chi connectivity index (χ0) is 12.7. The number of hydrogen-bond acceptors (Lipinski definition) is 4. The molecule has 0 amide bonds. The molecule has 104 valence electrons. The van der Waals surface area contributed by atoms with Crippen molar-refractivity contribution in [3.8, 4) is 0 Å². The number of hydrogen-bond donors (Lipinski definition) is 1. The van der Waals surface area contributed by atoms with E-state index in [1.807, 2.05) is 11.3 Å². The van der Waals surface area contributed by atoms with E-state index in [1.54, 1.807) is 4.88 Å². The summed E-state index contributed by atoms with van der Waals surface area (Å²) in [6.45, 7) is 1.17. The first kappa shape index (κ1) is 12.7. The Morgan fingerprint density at radius 3 is 2.89 bits per heavy atom. The van der Waals surface area contributed by atoms with Crippen LogP contribution in [-0.2, 0) is 6.42 Å². The van der Waals surface area contributed by atoms with Gasteiger partial charge in [-0.15, -0.1) is 11.3 Å². The van der Waals surface area contributed by atoms with Gasteiger partial charge in [-0.1, -0.05) is 0 Å². The maximum atomic E-state index is 5.07. The van der Waals surface area contributed by atoms with E-state index >= 15 is 0 Å². The molecule has 2 heterocycles. The van der Waals surface area contributed by atoms with E-state index in [0.717, 1.165) is 6.04 Å². The lowest BCUT2D eigenvalue weighted by atomic mass is 9.91. The van der Waals surface area contributed by atoms with Crippen molar-refractivity contribution in [1.29, 1.82) is 0 Å². The van der Waals surface area contributed by atoms with Crippen molar-refractivity contribution in [2.75, 3.05) is 12.3 Å². The predicted molar refractivity (Wildman–Crippen MR) is 83.3 cm³/mol.